The Morgan fingerprint density at radius 3 is 2.60 bits per heavy atom. The molecular weight excluding hydrogens is 312 g/mol. The maximum Gasteiger partial charge on any atom is 0.225 e. The molecule has 2 heterocycles. The minimum Gasteiger partial charge on any atom is -0.349 e. The molecule has 1 unspecified atom stereocenters. The number of fused-ring (bicyclic) bond motifs is 1. The molecule has 1 atom stereocenters. The highest BCUT2D eigenvalue weighted by Gasteiger charge is 2.29. The summed E-state index contributed by atoms with van der Waals surface area (Å²) in [6, 6.07) is 10.5. The molecular formula is C20H24N4O. The minimum absolute atomic E-state index is 0.0917. The second-order valence-electron chi connectivity index (χ2n) is 6.96. The third-order valence-electron chi connectivity index (χ3n) is 5.39. The van der Waals surface area contributed by atoms with E-state index in [-0.39, 0.29) is 17.9 Å². The quantitative estimate of drug-likeness (QED) is 0.936. The van der Waals surface area contributed by atoms with Crippen LogP contribution >= 0.6 is 0 Å². The number of nitrogens with one attached hydrogen (secondary N) is 1. The average Bonchev–Trinajstić information content (AvgIpc) is 2.69. The third kappa shape index (κ3) is 3.50. The lowest BCUT2D eigenvalue weighted by molar-refractivity contribution is -0.126. The summed E-state index contributed by atoms with van der Waals surface area (Å²) >= 11 is 0. The first kappa shape index (κ1) is 16.1. The van der Waals surface area contributed by atoms with E-state index in [9.17, 15) is 4.79 Å². The molecule has 1 amide bonds. The van der Waals surface area contributed by atoms with Gasteiger partial charge in [-0.25, -0.2) is 9.97 Å². The molecule has 4 rings (SSSR count). The van der Waals surface area contributed by atoms with Gasteiger partial charge in [0.05, 0.1) is 6.04 Å². The zero-order valence-electron chi connectivity index (χ0n) is 14.4. The van der Waals surface area contributed by atoms with Crippen molar-refractivity contribution in [3.63, 3.8) is 0 Å². The van der Waals surface area contributed by atoms with Gasteiger partial charge < -0.3 is 10.2 Å². The molecule has 1 aromatic heterocycles. The van der Waals surface area contributed by atoms with Gasteiger partial charge in [-0.15, -0.1) is 0 Å². The number of rotatable bonds is 3. The smallest absolute Gasteiger partial charge is 0.225 e. The van der Waals surface area contributed by atoms with E-state index in [4.69, 9.17) is 0 Å². The number of aryl methyl sites for hydroxylation is 1. The average molecular weight is 336 g/mol. The van der Waals surface area contributed by atoms with Crippen LogP contribution in [0.2, 0.25) is 0 Å². The maximum absolute atomic E-state index is 12.8. The van der Waals surface area contributed by atoms with Gasteiger partial charge >= 0.3 is 0 Å². The number of amides is 1. The van der Waals surface area contributed by atoms with Crippen molar-refractivity contribution >= 4 is 11.9 Å². The van der Waals surface area contributed by atoms with Crippen molar-refractivity contribution < 1.29 is 4.79 Å². The normalized spacial score (nSPS) is 20.8. The Morgan fingerprint density at radius 1 is 1.04 bits per heavy atom. The lowest BCUT2D eigenvalue weighted by atomic mass is 9.87. The summed E-state index contributed by atoms with van der Waals surface area (Å²) in [5, 5.41) is 3.31. The summed E-state index contributed by atoms with van der Waals surface area (Å²) in [7, 11) is 0. The summed E-state index contributed by atoms with van der Waals surface area (Å²) < 4.78 is 0. The number of carbonyl (C=O) groups excluding carboxylic acids is 1. The molecule has 2 aromatic rings. The zero-order chi connectivity index (χ0) is 17.1. The number of piperidine rings is 1. The van der Waals surface area contributed by atoms with Gasteiger partial charge in [-0.05, 0) is 49.3 Å². The van der Waals surface area contributed by atoms with Crippen molar-refractivity contribution in [2.75, 3.05) is 18.0 Å². The van der Waals surface area contributed by atoms with Gasteiger partial charge in [0.25, 0.3) is 0 Å². The maximum atomic E-state index is 12.8. The zero-order valence-corrected chi connectivity index (χ0v) is 14.4. The Labute approximate surface area is 148 Å². The predicted octanol–water partition coefficient (Wildman–Crippen LogP) is 2.89. The summed E-state index contributed by atoms with van der Waals surface area (Å²) in [5.41, 5.74) is 2.69. The van der Waals surface area contributed by atoms with Crippen LogP contribution in [0, 0.1) is 5.92 Å². The van der Waals surface area contributed by atoms with E-state index in [1.54, 1.807) is 12.4 Å². The van der Waals surface area contributed by atoms with Gasteiger partial charge in [-0.1, -0.05) is 24.3 Å². The number of hydrogen-bond acceptors (Lipinski definition) is 4. The van der Waals surface area contributed by atoms with Gasteiger partial charge in [0.1, 0.15) is 0 Å². The van der Waals surface area contributed by atoms with Crippen LogP contribution in [0.4, 0.5) is 5.95 Å². The van der Waals surface area contributed by atoms with Crippen LogP contribution in [-0.4, -0.2) is 29.0 Å². The van der Waals surface area contributed by atoms with Gasteiger partial charge in [-0.3, -0.25) is 4.79 Å². The Balaban J connectivity index is 1.36. The molecule has 1 saturated heterocycles. The molecule has 1 N–H and O–H groups in total. The topological polar surface area (TPSA) is 58.1 Å². The fourth-order valence-corrected chi connectivity index (χ4v) is 3.99. The summed E-state index contributed by atoms with van der Waals surface area (Å²) in [4.78, 5) is 23.5. The van der Waals surface area contributed by atoms with E-state index in [0.717, 1.165) is 51.1 Å². The van der Waals surface area contributed by atoms with Crippen molar-refractivity contribution in [1.29, 1.82) is 0 Å². The highest BCUT2D eigenvalue weighted by Crippen LogP contribution is 2.30. The minimum atomic E-state index is 0.0917. The summed E-state index contributed by atoms with van der Waals surface area (Å²) in [5.74, 6) is 1.06. The number of hydrogen-bond donors (Lipinski definition) is 1. The van der Waals surface area contributed by atoms with Crippen molar-refractivity contribution in [3.05, 3.63) is 53.9 Å². The first-order valence-electron chi connectivity index (χ1n) is 9.21. The van der Waals surface area contributed by atoms with Crippen LogP contribution in [0.1, 0.15) is 42.9 Å². The first-order valence-corrected chi connectivity index (χ1v) is 9.21. The molecule has 0 spiro atoms. The fraction of sp³-hybridized carbons (Fsp3) is 0.450. The van der Waals surface area contributed by atoms with E-state index >= 15 is 0 Å². The molecule has 1 aromatic carbocycles. The molecule has 0 bridgehead atoms. The lowest BCUT2D eigenvalue weighted by Gasteiger charge is -2.33. The van der Waals surface area contributed by atoms with Gasteiger partial charge in [0.2, 0.25) is 11.9 Å². The van der Waals surface area contributed by atoms with Crippen LogP contribution in [0.15, 0.2) is 42.7 Å². The van der Waals surface area contributed by atoms with Crippen molar-refractivity contribution in [2.24, 2.45) is 5.92 Å². The number of carbonyl (C=O) groups is 1. The molecule has 0 radical (unpaired) electrons. The molecule has 1 aliphatic heterocycles. The predicted molar refractivity (Wildman–Crippen MR) is 97.2 cm³/mol. The van der Waals surface area contributed by atoms with E-state index in [2.05, 4.69) is 44.5 Å². The SMILES string of the molecule is O=C(NC1CCCc2ccccc21)C1CCN(c2ncccn2)CC1. The van der Waals surface area contributed by atoms with E-state index in [1.165, 1.54) is 11.1 Å². The summed E-state index contributed by atoms with van der Waals surface area (Å²) in [6.07, 6.45) is 8.56. The largest absolute Gasteiger partial charge is 0.349 e. The van der Waals surface area contributed by atoms with Crippen LogP contribution in [0.5, 0.6) is 0 Å². The molecule has 1 fully saturated rings. The highest BCUT2D eigenvalue weighted by molar-refractivity contribution is 5.79. The number of benzene rings is 1. The van der Waals surface area contributed by atoms with E-state index < -0.39 is 0 Å². The molecule has 5 heteroatoms. The third-order valence-corrected chi connectivity index (χ3v) is 5.39. The van der Waals surface area contributed by atoms with Crippen molar-refractivity contribution in [3.8, 4) is 0 Å². The standard InChI is InChI=1S/C20H24N4O/c25-19(23-18-8-3-6-15-5-1-2-7-17(15)18)16-9-13-24(14-10-16)20-21-11-4-12-22-20/h1-2,4-5,7,11-12,16,18H,3,6,8-10,13-14H2,(H,23,25). The Bertz CT molecular complexity index is 725. The second kappa shape index (κ2) is 7.21. The Morgan fingerprint density at radius 2 is 1.80 bits per heavy atom. The molecule has 130 valence electrons. The fourth-order valence-electron chi connectivity index (χ4n) is 3.99. The molecule has 25 heavy (non-hydrogen) atoms. The number of aromatic nitrogens is 2. The second-order valence-corrected chi connectivity index (χ2v) is 6.96. The van der Waals surface area contributed by atoms with Crippen LogP contribution in [-0.2, 0) is 11.2 Å². The van der Waals surface area contributed by atoms with Gasteiger partial charge in [0, 0.05) is 31.4 Å². The highest BCUT2D eigenvalue weighted by atomic mass is 16.1. The lowest BCUT2D eigenvalue weighted by Crippen LogP contribution is -2.42. The van der Waals surface area contributed by atoms with Crippen LogP contribution in [0.3, 0.4) is 0 Å². The van der Waals surface area contributed by atoms with Gasteiger partial charge in [0.15, 0.2) is 0 Å². The van der Waals surface area contributed by atoms with Gasteiger partial charge in [-0.2, -0.15) is 0 Å². The van der Waals surface area contributed by atoms with E-state index in [0.29, 0.717) is 0 Å². The van der Waals surface area contributed by atoms with Crippen LogP contribution in [0.25, 0.3) is 0 Å². The molecule has 5 nitrogen and oxygen atoms in total. The Kier molecular flexibility index (Phi) is 4.63. The van der Waals surface area contributed by atoms with Crippen LogP contribution < -0.4 is 10.2 Å². The molecule has 1 aliphatic carbocycles. The summed E-state index contributed by atoms with van der Waals surface area (Å²) in [6.45, 7) is 1.67. The first-order chi connectivity index (χ1) is 12.3. The molecule has 2 aliphatic rings. The van der Waals surface area contributed by atoms with Crippen molar-refractivity contribution in [1.82, 2.24) is 15.3 Å². The number of anilines is 1. The molecule has 0 saturated carbocycles. The number of nitrogens with zero attached hydrogens (tertiary/aromatic N) is 3. The Hall–Kier alpha value is -2.43. The van der Waals surface area contributed by atoms with E-state index in [1.807, 2.05) is 6.07 Å². The van der Waals surface area contributed by atoms with Crippen molar-refractivity contribution in [2.45, 2.75) is 38.1 Å². The monoisotopic (exact) mass is 336 g/mol.